The van der Waals surface area contributed by atoms with Gasteiger partial charge in [0, 0.05) is 17.7 Å². The van der Waals surface area contributed by atoms with Gasteiger partial charge < -0.3 is 19.2 Å². The zero-order chi connectivity index (χ0) is 14.1. The second-order valence-electron chi connectivity index (χ2n) is 4.69. The van der Waals surface area contributed by atoms with E-state index >= 15 is 0 Å². The third kappa shape index (κ3) is 2.34. The van der Waals surface area contributed by atoms with Crippen molar-refractivity contribution in [3.05, 3.63) is 46.9 Å². The first-order chi connectivity index (χ1) is 9.63. The van der Waals surface area contributed by atoms with Gasteiger partial charge in [-0.25, -0.2) is 0 Å². The average Bonchev–Trinajstić information content (AvgIpc) is 3.01. The Labute approximate surface area is 116 Å². The monoisotopic (exact) mass is 273 g/mol. The van der Waals surface area contributed by atoms with Gasteiger partial charge in [0.25, 0.3) is 5.91 Å². The van der Waals surface area contributed by atoms with Crippen molar-refractivity contribution in [2.75, 3.05) is 6.79 Å². The minimum absolute atomic E-state index is 0.151. The lowest BCUT2D eigenvalue weighted by atomic mass is 10.2. The van der Waals surface area contributed by atoms with E-state index in [1.165, 1.54) is 0 Å². The molecule has 5 nitrogen and oxygen atoms in total. The first kappa shape index (κ1) is 12.6. The molecule has 0 atom stereocenters. The number of hydrogen-bond acceptors (Lipinski definition) is 4. The standard InChI is InChI=1S/C15H15NO4/c1-9-5-12(10(2)20-9)7-16-15(17)11-3-4-13-14(6-11)19-8-18-13/h3-6H,7-8H2,1-2H3,(H,16,17). The van der Waals surface area contributed by atoms with Crippen LogP contribution in [0.2, 0.25) is 0 Å². The number of carbonyl (C=O) groups excluding carboxylic acids is 1. The van der Waals surface area contributed by atoms with Gasteiger partial charge in [-0.2, -0.15) is 0 Å². The van der Waals surface area contributed by atoms with Crippen LogP contribution in [-0.4, -0.2) is 12.7 Å². The van der Waals surface area contributed by atoms with Gasteiger partial charge in [-0.1, -0.05) is 0 Å². The number of hydrogen-bond donors (Lipinski definition) is 1. The lowest BCUT2D eigenvalue weighted by molar-refractivity contribution is 0.0950. The van der Waals surface area contributed by atoms with Crippen molar-refractivity contribution in [1.82, 2.24) is 5.32 Å². The van der Waals surface area contributed by atoms with Gasteiger partial charge in [-0.15, -0.1) is 0 Å². The fourth-order valence-electron chi connectivity index (χ4n) is 2.17. The summed E-state index contributed by atoms with van der Waals surface area (Å²) in [6.45, 7) is 4.41. The van der Waals surface area contributed by atoms with Crippen LogP contribution in [0.3, 0.4) is 0 Å². The Morgan fingerprint density at radius 1 is 1.20 bits per heavy atom. The molecule has 1 N–H and O–H groups in total. The fourth-order valence-corrected chi connectivity index (χ4v) is 2.17. The van der Waals surface area contributed by atoms with Gasteiger partial charge in [0.05, 0.1) is 0 Å². The predicted octanol–water partition coefficient (Wildman–Crippen LogP) is 2.56. The zero-order valence-electron chi connectivity index (χ0n) is 11.4. The number of carbonyl (C=O) groups is 1. The molecule has 20 heavy (non-hydrogen) atoms. The van der Waals surface area contributed by atoms with E-state index in [-0.39, 0.29) is 12.7 Å². The number of benzene rings is 1. The summed E-state index contributed by atoms with van der Waals surface area (Å²) in [6.07, 6.45) is 0. The molecule has 1 aliphatic heterocycles. The normalized spacial score (nSPS) is 12.5. The Hall–Kier alpha value is -2.43. The molecule has 3 rings (SSSR count). The zero-order valence-corrected chi connectivity index (χ0v) is 11.4. The third-order valence-corrected chi connectivity index (χ3v) is 3.22. The highest BCUT2D eigenvalue weighted by atomic mass is 16.7. The number of nitrogens with one attached hydrogen (secondary N) is 1. The maximum atomic E-state index is 12.1. The first-order valence-corrected chi connectivity index (χ1v) is 6.37. The molecule has 0 spiro atoms. The van der Waals surface area contributed by atoms with E-state index in [1.807, 2.05) is 19.9 Å². The van der Waals surface area contributed by atoms with Crippen molar-refractivity contribution >= 4 is 5.91 Å². The predicted molar refractivity (Wildman–Crippen MR) is 71.9 cm³/mol. The van der Waals surface area contributed by atoms with Crippen LogP contribution in [0.15, 0.2) is 28.7 Å². The Balaban J connectivity index is 1.69. The summed E-state index contributed by atoms with van der Waals surface area (Å²) in [6, 6.07) is 7.07. The molecule has 1 amide bonds. The van der Waals surface area contributed by atoms with Crippen molar-refractivity contribution in [2.45, 2.75) is 20.4 Å². The molecule has 0 saturated heterocycles. The van der Waals surface area contributed by atoms with Gasteiger partial charge in [-0.3, -0.25) is 4.79 Å². The van der Waals surface area contributed by atoms with E-state index < -0.39 is 0 Å². The molecule has 5 heteroatoms. The molecule has 0 fully saturated rings. The lowest BCUT2D eigenvalue weighted by Crippen LogP contribution is -2.22. The Morgan fingerprint density at radius 3 is 2.75 bits per heavy atom. The van der Waals surface area contributed by atoms with E-state index in [4.69, 9.17) is 13.9 Å². The molecule has 2 aromatic rings. The van der Waals surface area contributed by atoms with Crippen molar-refractivity contribution in [2.24, 2.45) is 0 Å². The summed E-state index contributed by atoms with van der Waals surface area (Å²) in [4.78, 5) is 12.1. The Morgan fingerprint density at radius 2 is 2.00 bits per heavy atom. The highest BCUT2D eigenvalue weighted by Crippen LogP contribution is 2.32. The number of ether oxygens (including phenoxy) is 2. The molecule has 0 bridgehead atoms. The SMILES string of the molecule is Cc1cc(CNC(=O)c2ccc3c(c2)OCO3)c(C)o1. The van der Waals surface area contributed by atoms with E-state index in [0.29, 0.717) is 23.6 Å². The summed E-state index contributed by atoms with van der Waals surface area (Å²) >= 11 is 0. The molecular formula is C15H15NO4. The number of fused-ring (bicyclic) bond motifs is 1. The lowest BCUT2D eigenvalue weighted by Gasteiger charge is -2.05. The van der Waals surface area contributed by atoms with Crippen molar-refractivity contribution in [1.29, 1.82) is 0 Å². The third-order valence-electron chi connectivity index (χ3n) is 3.22. The summed E-state index contributed by atoms with van der Waals surface area (Å²) in [7, 11) is 0. The molecular weight excluding hydrogens is 258 g/mol. The van der Waals surface area contributed by atoms with E-state index in [2.05, 4.69) is 5.32 Å². The second kappa shape index (κ2) is 4.92. The molecule has 2 heterocycles. The number of amides is 1. The van der Waals surface area contributed by atoms with Crippen LogP contribution < -0.4 is 14.8 Å². The van der Waals surface area contributed by atoms with Crippen molar-refractivity contribution in [3.63, 3.8) is 0 Å². The average molecular weight is 273 g/mol. The van der Waals surface area contributed by atoms with E-state index in [9.17, 15) is 4.79 Å². The molecule has 0 aliphatic carbocycles. The first-order valence-electron chi connectivity index (χ1n) is 6.37. The summed E-state index contributed by atoms with van der Waals surface area (Å²) in [5.41, 5.74) is 1.53. The maximum Gasteiger partial charge on any atom is 0.251 e. The highest BCUT2D eigenvalue weighted by molar-refractivity contribution is 5.94. The van der Waals surface area contributed by atoms with Crippen LogP contribution in [0.5, 0.6) is 11.5 Å². The van der Waals surface area contributed by atoms with Gasteiger partial charge in [-0.05, 0) is 38.1 Å². The highest BCUT2D eigenvalue weighted by Gasteiger charge is 2.16. The molecule has 0 unspecified atom stereocenters. The summed E-state index contributed by atoms with van der Waals surface area (Å²) < 4.78 is 15.9. The molecule has 0 radical (unpaired) electrons. The van der Waals surface area contributed by atoms with Gasteiger partial charge >= 0.3 is 0 Å². The Kier molecular flexibility index (Phi) is 3.10. The van der Waals surface area contributed by atoms with Gasteiger partial charge in [0.15, 0.2) is 11.5 Å². The molecule has 0 saturated carbocycles. The smallest absolute Gasteiger partial charge is 0.251 e. The fraction of sp³-hybridized carbons (Fsp3) is 0.267. The van der Waals surface area contributed by atoms with Crippen LogP contribution in [0.1, 0.15) is 27.4 Å². The van der Waals surface area contributed by atoms with Crippen LogP contribution in [0.25, 0.3) is 0 Å². The quantitative estimate of drug-likeness (QED) is 0.933. The van der Waals surface area contributed by atoms with Gasteiger partial charge in [0.2, 0.25) is 6.79 Å². The Bertz CT molecular complexity index is 660. The van der Waals surface area contributed by atoms with Gasteiger partial charge in [0.1, 0.15) is 11.5 Å². The minimum Gasteiger partial charge on any atom is -0.466 e. The number of furan rings is 1. The summed E-state index contributed by atoms with van der Waals surface area (Å²) in [5.74, 6) is 2.79. The molecule has 104 valence electrons. The van der Waals surface area contributed by atoms with E-state index in [1.54, 1.807) is 18.2 Å². The van der Waals surface area contributed by atoms with Crippen LogP contribution in [0, 0.1) is 13.8 Å². The minimum atomic E-state index is -0.151. The van der Waals surface area contributed by atoms with Crippen molar-refractivity contribution < 1.29 is 18.7 Å². The van der Waals surface area contributed by atoms with Crippen molar-refractivity contribution in [3.8, 4) is 11.5 Å². The van der Waals surface area contributed by atoms with Crippen LogP contribution in [0.4, 0.5) is 0 Å². The number of aryl methyl sites for hydroxylation is 2. The summed E-state index contributed by atoms with van der Waals surface area (Å²) in [5, 5.41) is 2.87. The second-order valence-corrected chi connectivity index (χ2v) is 4.69. The molecule has 1 aromatic carbocycles. The topological polar surface area (TPSA) is 60.7 Å². The molecule has 1 aromatic heterocycles. The van der Waals surface area contributed by atoms with Crippen LogP contribution >= 0.6 is 0 Å². The largest absolute Gasteiger partial charge is 0.466 e. The molecule has 1 aliphatic rings. The maximum absolute atomic E-state index is 12.1. The number of rotatable bonds is 3. The van der Waals surface area contributed by atoms with Crippen LogP contribution in [-0.2, 0) is 6.54 Å². The van der Waals surface area contributed by atoms with E-state index in [0.717, 1.165) is 17.1 Å².